The summed E-state index contributed by atoms with van der Waals surface area (Å²) in [7, 11) is 0. The molecular weight excluding hydrogens is 323 g/mol. The zero-order valence-electron chi connectivity index (χ0n) is 14.2. The van der Waals surface area contributed by atoms with E-state index in [2.05, 4.69) is 31.1 Å². The lowest BCUT2D eigenvalue weighted by atomic mass is 10.0. The predicted octanol–water partition coefficient (Wildman–Crippen LogP) is 6.21. The highest BCUT2D eigenvalue weighted by molar-refractivity contribution is 6.31. The first-order chi connectivity index (χ1) is 11.2. The Morgan fingerprint density at radius 1 is 1.04 bits per heavy atom. The van der Waals surface area contributed by atoms with Crippen molar-refractivity contribution >= 4 is 28.2 Å². The van der Waals surface area contributed by atoms with Crippen LogP contribution in [0.15, 0.2) is 42.5 Å². The molecule has 0 aliphatic rings. The molecule has 0 aliphatic heterocycles. The molecule has 0 aliphatic carbocycles. The van der Waals surface area contributed by atoms with Crippen LogP contribution in [0.25, 0.3) is 22.2 Å². The normalized spacial score (nSPS) is 11.8. The third kappa shape index (κ3) is 3.51. The summed E-state index contributed by atoms with van der Waals surface area (Å²) in [6, 6.07) is 13.0. The summed E-state index contributed by atoms with van der Waals surface area (Å²) in [5, 5.41) is 4.48. The molecule has 124 valence electrons. The van der Waals surface area contributed by atoms with Gasteiger partial charge in [0.15, 0.2) is 5.82 Å². The second kappa shape index (κ2) is 6.06. The maximum absolute atomic E-state index is 14.4. The van der Waals surface area contributed by atoms with Crippen LogP contribution in [0.5, 0.6) is 0 Å². The molecule has 3 rings (SSSR count). The van der Waals surface area contributed by atoms with Gasteiger partial charge in [0, 0.05) is 27.2 Å². The quantitative estimate of drug-likeness (QED) is 0.598. The molecule has 0 spiro atoms. The molecule has 2 nitrogen and oxygen atoms in total. The highest BCUT2D eigenvalue weighted by Gasteiger charge is 2.16. The molecule has 1 aromatic heterocycles. The van der Waals surface area contributed by atoms with Gasteiger partial charge in [-0.2, -0.15) is 0 Å². The van der Waals surface area contributed by atoms with Crippen LogP contribution in [0.2, 0.25) is 5.02 Å². The van der Waals surface area contributed by atoms with Gasteiger partial charge >= 0.3 is 0 Å². The van der Waals surface area contributed by atoms with Gasteiger partial charge in [-0.3, -0.25) is 0 Å². The van der Waals surface area contributed by atoms with Crippen molar-refractivity contribution in [3.8, 4) is 11.3 Å². The van der Waals surface area contributed by atoms with Crippen molar-refractivity contribution in [1.29, 1.82) is 0 Å². The number of benzene rings is 2. The Labute approximate surface area is 146 Å². The predicted molar refractivity (Wildman–Crippen MR) is 100 cm³/mol. The number of aromatic nitrogens is 1. The van der Waals surface area contributed by atoms with Crippen molar-refractivity contribution in [1.82, 2.24) is 4.98 Å². The highest BCUT2D eigenvalue weighted by Crippen LogP contribution is 2.33. The van der Waals surface area contributed by atoms with Crippen LogP contribution in [0.3, 0.4) is 0 Å². The molecule has 2 aromatic carbocycles. The van der Waals surface area contributed by atoms with Crippen molar-refractivity contribution in [2.24, 2.45) is 0 Å². The van der Waals surface area contributed by atoms with Crippen molar-refractivity contribution in [3.05, 3.63) is 58.9 Å². The van der Waals surface area contributed by atoms with E-state index < -0.39 is 5.82 Å². The maximum atomic E-state index is 14.4. The third-order valence-corrected chi connectivity index (χ3v) is 3.91. The standard InChI is InChI=1S/C20H20ClFN2/c1-12-5-7-13(8-6-12)17-11-18(24-20(2,3)4)15-9-14(21)10-16(22)19(15)23-17/h5-11H,1-4H3,(H,23,24). The molecule has 0 unspecified atom stereocenters. The summed E-state index contributed by atoms with van der Waals surface area (Å²) in [5.41, 5.74) is 3.83. The number of nitrogens with zero attached hydrogens (tertiary/aromatic N) is 1. The van der Waals surface area contributed by atoms with Gasteiger partial charge in [-0.1, -0.05) is 41.4 Å². The molecule has 0 saturated heterocycles. The molecule has 0 radical (unpaired) electrons. The molecular formula is C20H20ClFN2. The summed E-state index contributed by atoms with van der Waals surface area (Å²) in [4.78, 5) is 4.53. The fraction of sp³-hybridized carbons (Fsp3) is 0.250. The second-order valence-corrected chi connectivity index (χ2v) is 7.52. The van der Waals surface area contributed by atoms with E-state index in [4.69, 9.17) is 11.6 Å². The largest absolute Gasteiger partial charge is 0.380 e. The molecule has 0 amide bonds. The Hall–Kier alpha value is -2.13. The van der Waals surface area contributed by atoms with Gasteiger partial charge in [0.25, 0.3) is 0 Å². The zero-order valence-corrected chi connectivity index (χ0v) is 15.0. The second-order valence-electron chi connectivity index (χ2n) is 7.08. The Bertz CT molecular complexity index is 896. The molecule has 0 bridgehead atoms. The molecule has 3 aromatic rings. The van der Waals surface area contributed by atoms with Crippen LogP contribution >= 0.6 is 11.6 Å². The Morgan fingerprint density at radius 3 is 2.33 bits per heavy atom. The van der Waals surface area contributed by atoms with Gasteiger partial charge in [0.1, 0.15) is 5.52 Å². The minimum absolute atomic E-state index is 0.169. The monoisotopic (exact) mass is 342 g/mol. The van der Waals surface area contributed by atoms with Crippen LogP contribution < -0.4 is 5.32 Å². The lowest BCUT2D eigenvalue weighted by Gasteiger charge is -2.24. The number of halogens is 2. The van der Waals surface area contributed by atoms with E-state index in [0.29, 0.717) is 15.9 Å². The van der Waals surface area contributed by atoms with Crippen molar-refractivity contribution in [2.45, 2.75) is 33.2 Å². The molecule has 0 atom stereocenters. The number of anilines is 1. The number of rotatable bonds is 2. The first-order valence-electron chi connectivity index (χ1n) is 7.88. The Morgan fingerprint density at radius 2 is 1.71 bits per heavy atom. The van der Waals surface area contributed by atoms with Crippen molar-refractivity contribution in [2.75, 3.05) is 5.32 Å². The van der Waals surface area contributed by atoms with Gasteiger partial charge < -0.3 is 5.32 Å². The minimum Gasteiger partial charge on any atom is -0.380 e. The van der Waals surface area contributed by atoms with Gasteiger partial charge in [-0.05, 0) is 45.9 Å². The lowest BCUT2D eigenvalue weighted by Crippen LogP contribution is -2.26. The average Bonchev–Trinajstić information content (AvgIpc) is 2.47. The average molecular weight is 343 g/mol. The minimum atomic E-state index is -0.413. The SMILES string of the molecule is Cc1ccc(-c2cc(NC(C)(C)C)c3cc(Cl)cc(F)c3n2)cc1. The molecule has 4 heteroatoms. The van der Waals surface area contributed by atoms with Crippen LogP contribution in [-0.2, 0) is 0 Å². The van der Waals surface area contributed by atoms with Crippen LogP contribution in [0.1, 0.15) is 26.3 Å². The van der Waals surface area contributed by atoms with E-state index in [-0.39, 0.29) is 5.54 Å². The number of nitrogens with one attached hydrogen (secondary N) is 1. The zero-order chi connectivity index (χ0) is 17.5. The third-order valence-electron chi connectivity index (χ3n) is 3.69. The van der Waals surface area contributed by atoms with Crippen LogP contribution in [-0.4, -0.2) is 10.5 Å². The Kier molecular flexibility index (Phi) is 4.22. The first kappa shape index (κ1) is 16.7. The van der Waals surface area contributed by atoms with Crippen molar-refractivity contribution in [3.63, 3.8) is 0 Å². The van der Waals surface area contributed by atoms with E-state index in [1.165, 1.54) is 11.6 Å². The molecule has 24 heavy (non-hydrogen) atoms. The van der Waals surface area contributed by atoms with E-state index in [0.717, 1.165) is 16.9 Å². The summed E-state index contributed by atoms with van der Waals surface area (Å²) >= 11 is 6.05. The van der Waals surface area contributed by atoms with Crippen LogP contribution in [0, 0.1) is 12.7 Å². The summed E-state index contributed by atoms with van der Waals surface area (Å²) in [6.45, 7) is 8.22. The van der Waals surface area contributed by atoms with Gasteiger partial charge in [0.05, 0.1) is 5.69 Å². The highest BCUT2D eigenvalue weighted by atomic mass is 35.5. The first-order valence-corrected chi connectivity index (χ1v) is 8.26. The summed E-state index contributed by atoms with van der Waals surface area (Å²) in [5.74, 6) is -0.413. The fourth-order valence-corrected chi connectivity index (χ4v) is 2.84. The molecule has 0 saturated carbocycles. The van der Waals surface area contributed by atoms with Gasteiger partial charge in [0.2, 0.25) is 0 Å². The van der Waals surface area contributed by atoms with Crippen LogP contribution in [0.4, 0.5) is 10.1 Å². The number of fused-ring (bicyclic) bond motifs is 1. The number of hydrogen-bond acceptors (Lipinski definition) is 2. The number of pyridine rings is 1. The van der Waals surface area contributed by atoms with Crippen molar-refractivity contribution < 1.29 is 4.39 Å². The van der Waals surface area contributed by atoms with Gasteiger partial charge in [-0.15, -0.1) is 0 Å². The number of aryl methyl sites for hydroxylation is 1. The summed E-state index contributed by atoms with van der Waals surface area (Å²) in [6.07, 6.45) is 0. The molecule has 1 N–H and O–H groups in total. The molecule has 1 heterocycles. The summed E-state index contributed by atoms with van der Waals surface area (Å²) < 4.78 is 14.4. The lowest BCUT2D eigenvalue weighted by molar-refractivity contribution is 0.632. The van der Waals surface area contributed by atoms with E-state index in [9.17, 15) is 4.39 Å². The Balaban J connectivity index is 2.27. The smallest absolute Gasteiger partial charge is 0.151 e. The van der Waals surface area contributed by atoms with E-state index in [1.807, 2.05) is 37.3 Å². The maximum Gasteiger partial charge on any atom is 0.151 e. The van der Waals surface area contributed by atoms with Gasteiger partial charge in [-0.25, -0.2) is 9.37 Å². The topological polar surface area (TPSA) is 24.9 Å². The number of hydrogen-bond donors (Lipinski definition) is 1. The van der Waals surface area contributed by atoms with E-state index in [1.54, 1.807) is 6.07 Å². The van der Waals surface area contributed by atoms with E-state index >= 15 is 0 Å². The molecule has 0 fully saturated rings. The fourth-order valence-electron chi connectivity index (χ4n) is 2.63.